The molecule has 1 heterocycles. The SMILES string of the molecule is CCCCCCCCCCCCn1cccc1CCCC.F. The highest BCUT2D eigenvalue weighted by molar-refractivity contribution is 5.07. The second kappa shape index (κ2) is 15.1. The molecule has 0 aromatic carbocycles. The molecule has 1 rings (SSSR count). The van der Waals surface area contributed by atoms with Gasteiger partial charge < -0.3 is 4.57 Å². The van der Waals surface area contributed by atoms with Crippen molar-refractivity contribution < 1.29 is 4.70 Å². The summed E-state index contributed by atoms with van der Waals surface area (Å²) in [6.45, 7) is 5.79. The number of aromatic nitrogens is 1. The van der Waals surface area contributed by atoms with Gasteiger partial charge in [0.15, 0.2) is 0 Å². The summed E-state index contributed by atoms with van der Waals surface area (Å²) in [7, 11) is 0. The summed E-state index contributed by atoms with van der Waals surface area (Å²) in [5, 5.41) is 0. The smallest absolute Gasteiger partial charge is 0.0222 e. The fraction of sp³-hybridized carbons (Fsp3) is 0.800. The summed E-state index contributed by atoms with van der Waals surface area (Å²) >= 11 is 0. The van der Waals surface area contributed by atoms with Gasteiger partial charge in [-0.1, -0.05) is 78.1 Å². The topological polar surface area (TPSA) is 4.93 Å². The van der Waals surface area contributed by atoms with Crippen LogP contribution in [0.2, 0.25) is 0 Å². The molecule has 0 saturated carbocycles. The van der Waals surface area contributed by atoms with E-state index in [1.807, 2.05) is 0 Å². The van der Waals surface area contributed by atoms with Crippen LogP contribution in [0.25, 0.3) is 0 Å². The number of hydrogen-bond donors (Lipinski definition) is 0. The molecular formula is C20H38FN. The third kappa shape index (κ3) is 10.0. The monoisotopic (exact) mass is 311 g/mol. The van der Waals surface area contributed by atoms with E-state index in [1.165, 1.54) is 95.7 Å². The van der Waals surface area contributed by atoms with Crippen molar-refractivity contribution in [3.63, 3.8) is 0 Å². The summed E-state index contributed by atoms with van der Waals surface area (Å²) in [6.07, 6.45) is 20.4. The zero-order valence-electron chi connectivity index (χ0n) is 15.0. The Morgan fingerprint density at radius 2 is 1.27 bits per heavy atom. The van der Waals surface area contributed by atoms with Crippen LogP contribution in [-0.2, 0) is 13.0 Å². The first-order valence-electron chi connectivity index (χ1n) is 9.52. The molecule has 0 radical (unpaired) electrons. The van der Waals surface area contributed by atoms with Gasteiger partial charge in [0.05, 0.1) is 0 Å². The predicted octanol–water partition coefficient (Wildman–Crippen LogP) is 6.90. The van der Waals surface area contributed by atoms with Gasteiger partial charge in [-0.25, -0.2) is 0 Å². The number of nitrogens with zero attached hydrogens (tertiary/aromatic N) is 1. The van der Waals surface area contributed by atoms with Crippen LogP contribution in [0.4, 0.5) is 4.70 Å². The Kier molecular flexibility index (Phi) is 14.6. The second-order valence-corrected chi connectivity index (χ2v) is 6.48. The van der Waals surface area contributed by atoms with Crippen molar-refractivity contribution in [2.75, 3.05) is 0 Å². The first-order valence-corrected chi connectivity index (χ1v) is 9.52. The minimum atomic E-state index is 0. The molecule has 0 saturated heterocycles. The van der Waals surface area contributed by atoms with Crippen LogP contribution in [0.15, 0.2) is 18.3 Å². The minimum Gasteiger partial charge on any atom is -0.351 e. The van der Waals surface area contributed by atoms with E-state index in [4.69, 9.17) is 0 Å². The normalized spacial score (nSPS) is 10.6. The lowest BCUT2D eigenvalue weighted by Crippen LogP contribution is -2.02. The lowest BCUT2D eigenvalue weighted by atomic mass is 10.1. The van der Waals surface area contributed by atoms with Crippen molar-refractivity contribution in [1.29, 1.82) is 0 Å². The Labute approximate surface area is 137 Å². The maximum atomic E-state index is 2.47. The average molecular weight is 312 g/mol. The molecule has 0 unspecified atom stereocenters. The molecule has 0 aliphatic heterocycles. The van der Waals surface area contributed by atoms with Gasteiger partial charge in [-0.2, -0.15) is 0 Å². The molecule has 22 heavy (non-hydrogen) atoms. The molecule has 0 atom stereocenters. The fourth-order valence-corrected chi connectivity index (χ4v) is 3.02. The van der Waals surface area contributed by atoms with Crippen molar-refractivity contribution in [2.45, 2.75) is 104 Å². The Morgan fingerprint density at radius 1 is 0.727 bits per heavy atom. The van der Waals surface area contributed by atoms with Crippen molar-refractivity contribution in [3.05, 3.63) is 24.0 Å². The fourth-order valence-electron chi connectivity index (χ4n) is 3.02. The van der Waals surface area contributed by atoms with Crippen LogP contribution < -0.4 is 0 Å². The summed E-state index contributed by atoms with van der Waals surface area (Å²) < 4.78 is 2.47. The molecule has 0 bridgehead atoms. The summed E-state index contributed by atoms with van der Waals surface area (Å²) in [5.41, 5.74) is 1.53. The van der Waals surface area contributed by atoms with E-state index in [1.54, 1.807) is 0 Å². The van der Waals surface area contributed by atoms with Gasteiger partial charge in [0.2, 0.25) is 0 Å². The van der Waals surface area contributed by atoms with Gasteiger partial charge in [0.25, 0.3) is 0 Å². The van der Waals surface area contributed by atoms with Gasteiger partial charge in [-0.3, -0.25) is 4.70 Å². The van der Waals surface area contributed by atoms with Crippen molar-refractivity contribution in [3.8, 4) is 0 Å². The van der Waals surface area contributed by atoms with E-state index in [9.17, 15) is 0 Å². The molecule has 1 nitrogen and oxygen atoms in total. The number of hydrogen-bond acceptors (Lipinski definition) is 0. The number of aryl methyl sites for hydroxylation is 2. The summed E-state index contributed by atoms with van der Waals surface area (Å²) in [6, 6.07) is 4.51. The van der Waals surface area contributed by atoms with E-state index in [2.05, 4.69) is 36.7 Å². The molecule has 0 spiro atoms. The maximum absolute atomic E-state index is 2.47. The van der Waals surface area contributed by atoms with Gasteiger partial charge in [-0.15, -0.1) is 0 Å². The first kappa shape index (κ1) is 21.2. The van der Waals surface area contributed by atoms with Crippen molar-refractivity contribution in [2.24, 2.45) is 0 Å². The van der Waals surface area contributed by atoms with Crippen molar-refractivity contribution in [1.82, 2.24) is 4.57 Å². The lowest BCUT2D eigenvalue weighted by Gasteiger charge is -2.09. The third-order valence-corrected chi connectivity index (χ3v) is 4.46. The van der Waals surface area contributed by atoms with Crippen LogP contribution in [0.5, 0.6) is 0 Å². The Hall–Kier alpha value is -0.790. The van der Waals surface area contributed by atoms with Crippen LogP contribution in [0, 0.1) is 0 Å². The third-order valence-electron chi connectivity index (χ3n) is 4.46. The highest BCUT2D eigenvalue weighted by Gasteiger charge is 2.00. The molecule has 2 heteroatoms. The van der Waals surface area contributed by atoms with Gasteiger partial charge in [-0.05, 0) is 31.4 Å². The van der Waals surface area contributed by atoms with E-state index < -0.39 is 0 Å². The van der Waals surface area contributed by atoms with E-state index in [-0.39, 0.29) is 4.70 Å². The number of halogens is 1. The Balaban J connectivity index is 0.00000441. The molecule has 0 amide bonds. The number of unbranched alkanes of at least 4 members (excludes halogenated alkanes) is 10. The largest absolute Gasteiger partial charge is 0.351 e. The molecule has 1 aromatic heterocycles. The Bertz CT molecular complexity index is 332. The first-order chi connectivity index (χ1) is 10.4. The maximum Gasteiger partial charge on any atom is 0.0222 e. The predicted molar refractivity (Wildman–Crippen MR) is 97.4 cm³/mol. The lowest BCUT2D eigenvalue weighted by molar-refractivity contribution is 0.528. The van der Waals surface area contributed by atoms with Crippen LogP contribution >= 0.6 is 0 Å². The minimum absolute atomic E-state index is 0. The summed E-state index contributed by atoms with van der Waals surface area (Å²) in [5.74, 6) is 0. The molecule has 0 aliphatic carbocycles. The molecule has 130 valence electrons. The summed E-state index contributed by atoms with van der Waals surface area (Å²) in [4.78, 5) is 0. The number of rotatable bonds is 14. The van der Waals surface area contributed by atoms with Crippen LogP contribution in [0.1, 0.15) is 96.6 Å². The van der Waals surface area contributed by atoms with Crippen LogP contribution in [0.3, 0.4) is 0 Å². The zero-order chi connectivity index (χ0) is 15.2. The molecular weight excluding hydrogens is 273 g/mol. The van der Waals surface area contributed by atoms with Gasteiger partial charge in [0, 0.05) is 18.4 Å². The standard InChI is InChI=1S/C20H37N.FH/c1-3-5-7-8-9-10-11-12-13-14-18-21-19-15-17-20(21)16-6-4-2;/h15,17,19H,3-14,16,18H2,1-2H3;1H. The molecule has 0 N–H and O–H groups in total. The van der Waals surface area contributed by atoms with E-state index in [0.29, 0.717) is 0 Å². The zero-order valence-corrected chi connectivity index (χ0v) is 15.0. The van der Waals surface area contributed by atoms with Crippen LogP contribution in [-0.4, -0.2) is 4.57 Å². The quantitative estimate of drug-likeness (QED) is 0.329. The van der Waals surface area contributed by atoms with E-state index in [0.717, 1.165) is 0 Å². The highest BCUT2D eigenvalue weighted by atomic mass is 19.0. The Morgan fingerprint density at radius 3 is 1.86 bits per heavy atom. The second-order valence-electron chi connectivity index (χ2n) is 6.48. The van der Waals surface area contributed by atoms with Gasteiger partial charge >= 0.3 is 0 Å². The van der Waals surface area contributed by atoms with E-state index >= 15 is 0 Å². The van der Waals surface area contributed by atoms with Gasteiger partial charge in [0.1, 0.15) is 0 Å². The molecule has 1 aromatic rings. The van der Waals surface area contributed by atoms with Crippen molar-refractivity contribution >= 4 is 0 Å². The molecule has 0 aliphatic rings. The average Bonchev–Trinajstić information content (AvgIpc) is 2.94. The molecule has 0 fully saturated rings. The highest BCUT2D eigenvalue weighted by Crippen LogP contribution is 2.12.